The van der Waals surface area contributed by atoms with Gasteiger partial charge in [-0.15, -0.1) is 0 Å². The number of sulfone groups is 1. The monoisotopic (exact) mass is 421 g/mol. The highest BCUT2D eigenvalue weighted by atomic mass is 32.2. The van der Waals surface area contributed by atoms with Gasteiger partial charge in [-0.05, 0) is 57.0 Å². The predicted octanol–water partition coefficient (Wildman–Crippen LogP) is 2.14. The summed E-state index contributed by atoms with van der Waals surface area (Å²) in [6.45, 7) is 3.46. The van der Waals surface area contributed by atoms with Crippen molar-refractivity contribution in [2.24, 2.45) is 5.92 Å². The van der Waals surface area contributed by atoms with Gasteiger partial charge in [0.25, 0.3) is 0 Å². The first-order valence-electron chi connectivity index (χ1n) is 10.4. The van der Waals surface area contributed by atoms with Gasteiger partial charge in [0.2, 0.25) is 11.8 Å². The van der Waals surface area contributed by atoms with Crippen LogP contribution in [0.25, 0.3) is 0 Å². The number of hydrogen-bond donors (Lipinski definition) is 1. The molecule has 0 atom stereocenters. The van der Waals surface area contributed by atoms with Gasteiger partial charge in [-0.2, -0.15) is 0 Å². The van der Waals surface area contributed by atoms with Crippen LogP contribution in [-0.2, 0) is 19.4 Å². The van der Waals surface area contributed by atoms with Crippen LogP contribution >= 0.6 is 0 Å². The van der Waals surface area contributed by atoms with Crippen LogP contribution in [-0.4, -0.2) is 69.0 Å². The molecule has 2 fully saturated rings. The summed E-state index contributed by atoms with van der Waals surface area (Å²) in [5, 5.41) is 2.77. The van der Waals surface area contributed by atoms with Crippen LogP contribution in [0.1, 0.15) is 38.5 Å². The number of carbonyl (C=O) groups is 2. The Balaban J connectivity index is 1.47. The largest absolute Gasteiger partial charge is 0.342 e. The molecule has 0 spiro atoms. The minimum absolute atomic E-state index is 0.0684. The molecule has 2 aliphatic heterocycles. The first kappa shape index (κ1) is 21.8. The third-order valence-electron chi connectivity index (χ3n) is 5.77. The maximum atomic E-state index is 12.8. The second-order valence-electron chi connectivity index (χ2n) is 8.14. The molecule has 3 rings (SSSR count). The first-order chi connectivity index (χ1) is 13.8. The van der Waals surface area contributed by atoms with Gasteiger partial charge >= 0.3 is 0 Å². The fraction of sp³-hybridized carbons (Fsp3) is 0.619. The van der Waals surface area contributed by atoms with E-state index in [-0.39, 0.29) is 29.2 Å². The van der Waals surface area contributed by atoms with Crippen molar-refractivity contribution in [3.63, 3.8) is 0 Å². The average Bonchev–Trinajstić information content (AvgIpc) is 2.97. The summed E-state index contributed by atoms with van der Waals surface area (Å²) >= 11 is 0. The molecule has 1 N–H and O–H groups in total. The van der Waals surface area contributed by atoms with Gasteiger partial charge in [-0.3, -0.25) is 14.5 Å². The Morgan fingerprint density at radius 2 is 1.69 bits per heavy atom. The van der Waals surface area contributed by atoms with E-state index in [1.54, 1.807) is 12.1 Å². The number of carbonyl (C=O) groups excluding carboxylic acids is 2. The maximum absolute atomic E-state index is 12.8. The lowest BCUT2D eigenvalue weighted by Crippen LogP contribution is -2.44. The molecule has 7 nitrogen and oxygen atoms in total. The van der Waals surface area contributed by atoms with E-state index in [0.29, 0.717) is 5.69 Å². The van der Waals surface area contributed by atoms with Gasteiger partial charge in [0.15, 0.2) is 9.84 Å². The van der Waals surface area contributed by atoms with Crippen molar-refractivity contribution in [1.82, 2.24) is 9.80 Å². The Kier molecular flexibility index (Phi) is 7.29. The smallest absolute Gasteiger partial charge is 0.238 e. The summed E-state index contributed by atoms with van der Waals surface area (Å²) in [7, 11) is -3.31. The van der Waals surface area contributed by atoms with Gasteiger partial charge in [0, 0.05) is 31.0 Å². The van der Waals surface area contributed by atoms with Gasteiger partial charge in [-0.1, -0.05) is 18.9 Å². The zero-order valence-electron chi connectivity index (χ0n) is 17.1. The zero-order chi connectivity index (χ0) is 20.9. The molecule has 0 bridgehead atoms. The Morgan fingerprint density at radius 3 is 2.31 bits per heavy atom. The van der Waals surface area contributed by atoms with E-state index < -0.39 is 9.84 Å². The van der Waals surface area contributed by atoms with Crippen molar-refractivity contribution in [3.8, 4) is 0 Å². The molecule has 0 aliphatic carbocycles. The van der Waals surface area contributed by atoms with E-state index in [9.17, 15) is 18.0 Å². The fourth-order valence-corrected chi connectivity index (χ4v) is 4.76. The van der Waals surface area contributed by atoms with Crippen LogP contribution in [0, 0.1) is 5.92 Å². The number of benzene rings is 1. The van der Waals surface area contributed by atoms with Crippen LogP contribution in [0.5, 0.6) is 0 Å². The molecule has 0 unspecified atom stereocenters. The first-order valence-corrected chi connectivity index (χ1v) is 12.3. The maximum Gasteiger partial charge on any atom is 0.238 e. The third kappa shape index (κ3) is 6.27. The minimum atomic E-state index is -3.31. The Morgan fingerprint density at radius 1 is 1.03 bits per heavy atom. The molecule has 2 saturated heterocycles. The van der Waals surface area contributed by atoms with Crippen LogP contribution in [0.3, 0.4) is 0 Å². The molecule has 2 amide bonds. The number of likely N-dealkylation sites (tertiary alicyclic amines) is 2. The normalized spacial score (nSPS) is 19.6. The number of amides is 2. The van der Waals surface area contributed by atoms with Crippen molar-refractivity contribution in [2.75, 3.05) is 44.3 Å². The molecule has 2 heterocycles. The van der Waals surface area contributed by atoms with Crippen molar-refractivity contribution in [1.29, 1.82) is 0 Å². The second kappa shape index (κ2) is 9.71. The number of hydrogen-bond acceptors (Lipinski definition) is 5. The molecule has 0 saturated carbocycles. The van der Waals surface area contributed by atoms with Gasteiger partial charge in [0.1, 0.15) is 0 Å². The Labute approximate surface area is 173 Å². The second-order valence-corrected chi connectivity index (χ2v) is 10.2. The summed E-state index contributed by atoms with van der Waals surface area (Å²) in [6.07, 6.45) is 7.34. The lowest BCUT2D eigenvalue weighted by molar-refractivity contribution is -0.137. The molecule has 160 valence electrons. The number of anilines is 1. The highest BCUT2D eigenvalue weighted by Crippen LogP contribution is 2.22. The minimum Gasteiger partial charge on any atom is -0.342 e. The van der Waals surface area contributed by atoms with E-state index in [0.717, 1.165) is 58.1 Å². The van der Waals surface area contributed by atoms with Gasteiger partial charge in [-0.25, -0.2) is 8.42 Å². The van der Waals surface area contributed by atoms with Crippen molar-refractivity contribution in [3.05, 3.63) is 24.3 Å². The summed E-state index contributed by atoms with van der Waals surface area (Å²) in [6, 6.07) is 6.28. The molecular formula is C21H31N3O4S. The van der Waals surface area contributed by atoms with Crippen molar-refractivity contribution >= 4 is 27.3 Å². The Bertz CT molecular complexity index is 824. The van der Waals surface area contributed by atoms with Crippen LogP contribution < -0.4 is 5.32 Å². The van der Waals surface area contributed by atoms with Crippen LogP contribution in [0.2, 0.25) is 0 Å². The number of nitrogens with one attached hydrogen (secondary N) is 1. The summed E-state index contributed by atoms with van der Waals surface area (Å²) < 4.78 is 23.3. The van der Waals surface area contributed by atoms with E-state index in [4.69, 9.17) is 0 Å². The molecule has 0 radical (unpaired) electrons. The SMILES string of the molecule is CS(=O)(=O)c1cccc(NC(=O)CN2CCC(C(=O)N3CCCCCC3)CC2)c1. The summed E-state index contributed by atoms with van der Waals surface area (Å²) in [5.41, 5.74) is 0.476. The van der Waals surface area contributed by atoms with Crippen LogP contribution in [0.4, 0.5) is 5.69 Å². The molecule has 2 aliphatic rings. The number of nitrogens with zero attached hydrogens (tertiary/aromatic N) is 2. The summed E-state index contributed by atoms with van der Waals surface area (Å²) in [4.78, 5) is 29.4. The van der Waals surface area contributed by atoms with E-state index in [1.165, 1.54) is 25.0 Å². The lowest BCUT2D eigenvalue weighted by Gasteiger charge is -2.33. The molecular weight excluding hydrogens is 390 g/mol. The quantitative estimate of drug-likeness (QED) is 0.787. The zero-order valence-corrected chi connectivity index (χ0v) is 17.9. The highest BCUT2D eigenvalue weighted by Gasteiger charge is 2.29. The van der Waals surface area contributed by atoms with E-state index >= 15 is 0 Å². The third-order valence-corrected chi connectivity index (χ3v) is 6.88. The highest BCUT2D eigenvalue weighted by molar-refractivity contribution is 7.90. The number of piperidine rings is 1. The van der Waals surface area contributed by atoms with Crippen molar-refractivity contribution in [2.45, 2.75) is 43.4 Å². The molecule has 0 aromatic heterocycles. The predicted molar refractivity (Wildman–Crippen MR) is 112 cm³/mol. The fourth-order valence-electron chi connectivity index (χ4n) is 4.10. The van der Waals surface area contributed by atoms with E-state index in [2.05, 4.69) is 10.2 Å². The van der Waals surface area contributed by atoms with Gasteiger partial charge < -0.3 is 10.2 Å². The molecule has 29 heavy (non-hydrogen) atoms. The number of rotatable bonds is 5. The molecule has 8 heteroatoms. The topological polar surface area (TPSA) is 86.8 Å². The lowest BCUT2D eigenvalue weighted by atomic mass is 9.95. The molecule has 1 aromatic carbocycles. The standard InChI is InChI=1S/C21H31N3O4S/c1-29(27,28)19-8-6-7-18(15-19)22-20(25)16-23-13-9-17(10-14-23)21(26)24-11-4-2-3-5-12-24/h6-8,15,17H,2-5,9-14,16H2,1H3,(H,22,25). The van der Waals surface area contributed by atoms with Crippen LogP contribution in [0.15, 0.2) is 29.2 Å². The molecule has 1 aromatic rings. The summed E-state index contributed by atoms with van der Waals surface area (Å²) in [5.74, 6) is 0.181. The van der Waals surface area contributed by atoms with Gasteiger partial charge in [0.05, 0.1) is 11.4 Å². The van der Waals surface area contributed by atoms with E-state index in [1.807, 2.05) is 4.90 Å². The van der Waals surface area contributed by atoms with Crippen molar-refractivity contribution < 1.29 is 18.0 Å². The Hall–Kier alpha value is -1.93. The average molecular weight is 422 g/mol.